The van der Waals surface area contributed by atoms with Gasteiger partial charge in [0.15, 0.2) is 5.78 Å². The number of ketones is 1. The van der Waals surface area contributed by atoms with Crippen molar-refractivity contribution in [3.05, 3.63) is 64.7 Å². The minimum atomic E-state index is -0.125. The molecular weight excluding hydrogens is 264 g/mol. The average molecular weight is 280 g/mol. The molecule has 3 rings (SSSR count). The van der Waals surface area contributed by atoms with Gasteiger partial charge in [0.25, 0.3) is 0 Å². The van der Waals surface area contributed by atoms with E-state index in [1.807, 2.05) is 37.3 Å². The summed E-state index contributed by atoms with van der Waals surface area (Å²) in [6.07, 6.45) is 0. The zero-order valence-electron chi connectivity index (χ0n) is 12.0. The van der Waals surface area contributed by atoms with Crippen LogP contribution in [-0.2, 0) is 6.54 Å². The van der Waals surface area contributed by atoms with Crippen LogP contribution in [-0.4, -0.2) is 23.8 Å². The van der Waals surface area contributed by atoms with E-state index < -0.39 is 0 Å². The van der Waals surface area contributed by atoms with Gasteiger partial charge in [-0.2, -0.15) is 0 Å². The number of hydrogen-bond donors (Lipinski definition) is 1. The second-order valence-electron chi connectivity index (χ2n) is 5.35. The van der Waals surface area contributed by atoms with Crippen LogP contribution in [0.4, 0.5) is 10.5 Å². The Morgan fingerprint density at radius 1 is 1.10 bits per heavy atom. The molecule has 1 N–H and O–H groups in total. The topological polar surface area (TPSA) is 49.4 Å². The second kappa shape index (κ2) is 5.05. The Morgan fingerprint density at radius 2 is 1.76 bits per heavy atom. The van der Waals surface area contributed by atoms with Gasteiger partial charge in [-0.1, -0.05) is 29.8 Å². The third kappa shape index (κ3) is 2.52. The van der Waals surface area contributed by atoms with Crippen LogP contribution in [0.25, 0.3) is 0 Å². The maximum Gasteiger partial charge on any atom is 0.321 e. The molecule has 0 fully saturated rings. The summed E-state index contributed by atoms with van der Waals surface area (Å²) in [6.45, 7) is 2.50. The molecule has 2 aromatic carbocycles. The number of aryl methyl sites for hydroxylation is 1. The maximum absolute atomic E-state index is 12.5. The lowest BCUT2D eigenvalue weighted by Crippen LogP contribution is -2.35. The van der Waals surface area contributed by atoms with Crippen molar-refractivity contribution in [3.63, 3.8) is 0 Å². The Morgan fingerprint density at radius 3 is 2.48 bits per heavy atom. The molecule has 106 valence electrons. The van der Waals surface area contributed by atoms with Crippen molar-refractivity contribution in [2.45, 2.75) is 13.5 Å². The van der Waals surface area contributed by atoms with Gasteiger partial charge >= 0.3 is 6.03 Å². The molecule has 21 heavy (non-hydrogen) atoms. The fraction of sp³-hybridized carbons (Fsp3) is 0.176. The molecule has 0 saturated carbocycles. The van der Waals surface area contributed by atoms with Gasteiger partial charge in [0.1, 0.15) is 0 Å². The molecule has 0 aromatic heterocycles. The average Bonchev–Trinajstić information content (AvgIpc) is 2.48. The molecule has 4 nitrogen and oxygen atoms in total. The van der Waals surface area contributed by atoms with Crippen LogP contribution in [0.2, 0.25) is 0 Å². The summed E-state index contributed by atoms with van der Waals surface area (Å²) in [5.74, 6) is -0.00245. The molecule has 1 aliphatic rings. The van der Waals surface area contributed by atoms with Crippen molar-refractivity contribution in [3.8, 4) is 0 Å². The van der Waals surface area contributed by atoms with Crippen molar-refractivity contribution in [1.29, 1.82) is 0 Å². The smallest absolute Gasteiger partial charge is 0.321 e. The Hall–Kier alpha value is -2.62. The Balaban J connectivity index is 1.93. The highest BCUT2D eigenvalue weighted by atomic mass is 16.2. The summed E-state index contributed by atoms with van der Waals surface area (Å²) >= 11 is 0. The van der Waals surface area contributed by atoms with Gasteiger partial charge in [0.2, 0.25) is 0 Å². The molecule has 4 heteroatoms. The normalized spacial score (nSPS) is 13.6. The molecule has 1 aliphatic heterocycles. The van der Waals surface area contributed by atoms with E-state index >= 15 is 0 Å². The highest BCUT2D eigenvalue weighted by Crippen LogP contribution is 2.24. The Kier molecular flexibility index (Phi) is 3.22. The van der Waals surface area contributed by atoms with Gasteiger partial charge < -0.3 is 10.2 Å². The summed E-state index contributed by atoms with van der Waals surface area (Å²) in [4.78, 5) is 25.7. The maximum atomic E-state index is 12.5. The molecule has 0 aliphatic carbocycles. The molecule has 0 bridgehead atoms. The highest BCUT2D eigenvalue weighted by Gasteiger charge is 2.20. The predicted octanol–water partition coefficient (Wildman–Crippen LogP) is 3.20. The lowest BCUT2D eigenvalue weighted by atomic mass is 9.99. The van der Waals surface area contributed by atoms with E-state index in [9.17, 15) is 9.59 Å². The van der Waals surface area contributed by atoms with Crippen molar-refractivity contribution in [2.75, 3.05) is 12.4 Å². The van der Waals surface area contributed by atoms with E-state index in [4.69, 9.17) is 0 Å². The van der Waals surface area contributed by atoms with E-state index in [-0.39, 0.29) is 11.8 Å². The van der Waals surface area contributed by atoms with Crippen molar-refractivity contribution in [1.82, 2.24) is 4.90 Å². The van der Waals surface area contributed by atoms with Crippen LogP contribution in [0.5, 0.6) is 0 Å². The number of nitrogens with one attached hydrogen (secondary N) is 1. The zero-order chi connectivity index (χ0) is 15.0. The molecule has 0 radical (unpaired) electrons. The number of carbonyl (C=O) groups is 2. The first-order valence-electron chi connectivity index (χ1n) is 6.81. The minimum absolute atomic E-state index is 0.00245. The number of fused-ring (bicyclic) bond motifs is 1. The molecule has 1 heterocycles. The molecular formula is C17H16N2O2. The standard InChI is InChI=1S/C17H16N2O2/c1-11-3-5-12(6-4-11)16(20)13-7-8-15-14(9-13)10-19(2)17(21)18-15/h3-9H,10H2,1-2H3,(H,18,21). The van der Waals surface area contributed by atoms with Crippen LogP contribution in [0.3, 0.4) is 0 Å². The van der Waals surface area contributed by atoms with Crippen LogP contribution >= 0.6 is 0 Å². The van der Waals surface area contributed by atoms with Gasteiger partial charge in [-0.15, -0.1) is 0 Å². The van der Waals surface area contributed by atoms with E-state index in [1.165, 1.54) is 0 Å². The van der Waals surface area contributed by atoms with Gasteiger partial charge in [-0.3, -0.25) is 4.79 Å². The van der Waals surface area contributed by atoms with Crippen molar-refractivity contribution < 1.29 is 9.59 Å². The fourth-order valence-corrected chi connectivity index (χ4v) is 2.40. The van der Waals surface area contributed by atoms with Gasteiger partial charge in [-0.05, 0) is 30.7 Å². The molecule has 0 unspecified atom stereocenters. The van der Waals surface area contributed by atoms with Gasteiger partial charge in [0.05, 0.1) is 0 Å². The molecule has 0 saturated heterocycles. The third-order valence-electron chi connectivity index (χ3n) is 3.68. The van der Waals surface area contributed by atoms with Crippen LogP contribution in [0.1, 0.15) is 27.0 Å². The van der Waals surface area contributed by atoms with Crippen molar-refractivity contribution in [2.24, 2.45) is 0 Å². The first-order valence-corrected chi connectivity index (χ1v) is 6.81. The monoisotopic (exact) mass is 280 g/mol. The Bertz CT molecular complexity index is 720. The highest BCUT2D eigenvalue weighted by molar-refractivity contribution is 6.09. The summed E-state index contributed by atoms with van der Waals surface area (Å²) in [5, 5.41) is 2.80. The second-order valence-corrected chi connectivity index (χ2v) is 5.35. The number of nitrogens with zero attached hydrogens (tertiary/aromatic N) is 1. The minimum Gasteiger partial charge on any atom is -0.323 e. The Labute approximate surface area is 123 Å². The number of carbonyl (C=O) groups excluding carboxylic acids is 2. The number of urea groups is 1. The summed E-state index contributed by atoms with van der Waals surface area (Å²) in [7, 11) is 1.73. The van der Waals surface area contributed by atoms with E-state index in [2.05, 4.69) is 5.32 Å². The van der Waals surface area contributed by atoms with Gasteiger partial charge in [-0.25, -0.2) is 4.79 Å². The van der Waals surface area contributed by atoms with E-state index in [1.54, 1.807) is 24.1 Å². The van der Waals surface area contributed by atoms with Gasteiger partial charge in [0, 0.05) is 30.4 Å². The van der Waals surface area contributed by atoms with E-state index in [0.29, 0.717) is 17.7 Å². The lowest BCUT2D eigenvalue weighted by molar-refractivity contribution is 0.103. The zero-order valence-corrected chi connectivity index (χ0v) is 12.0. The quantitative estimate of drug-likeness (QED) is 0.859. The molecule has 2 amide bonds. The number of anilines is 1. The molecule has 0 atom stereocenters. The van der Waals surface area contributed by atoms with Crippen LogP contribution < -0.4 is 5.32 Å². The van der Waals surface area contributed by atoms with Crippen LogP contribution in [0, 0.1) is 6.92 Å². The number of benzene rings is 2. The number of hydrogen-bond acceptors (Lipinski definition) is 2. The van der Waals surface area contributed by atoms with Crippen molar-refractivity contribution >= 4 is 17.5 Å². The predicted molar refractivity (Wildman–Crippen MR) is 81.5 cm³/mol. The lowest BCUT2D eigenvalue weighted by Gasteiger charge is -2.26. The SMILES string of the molecule is Cc1ccc(C(=O)c2ccc3c(c2)CN(C)C(=O)N3)cc1. The first kappa shape index (κ1) is 13.4. The largest absolute Gasteiger partial charge is 0.323 e. The fourth-order valence-electron chi connectivity index (χ4n) is 2.40. The molecule has 2 aromatic rings. The third-order valence-corrected chi connectivity index (χ3v) is 3.68. The first-order chi connectivity index (χ1) is 10.0. The number of amides is 2. The van der Waals surface area contributed by atoms with Crippen LogP contribution in [0.15, 0.2) is 42.5 Å². The summed E-state index contributed by atoms with van der Waals surface area (Å²) in [6, 6.07) is 12.8. The van der Waals surface area contributed by atoms with E-state index in [0.717, 1.165) is 16.8 Å². The number of rotatable bonds is 2. The summed E-state index contributed by atoms with van der Waals surface area (Å²) < 4.78 is 0. The molecule has 0 spiro atoms. The summed E-state index contributed by atoms with van der Waals surface area (Å²) in [5.41, 5.74) is 4.17.